The molecule has 0 fully saturated rings. The van der Waals surface area contributed by atoms with Crippen LogP contribution in [0.5, 0.6) is 5.75 Å². The molecule has 118 valence electrons. The first-order valence-corrected chi connectivity index (χ1v) is 7.97. The van der Waals surface area contributed by atoms with Gasteiger partial charge in [-0.15, -0.1) is 11.3 Å². The van der Waals surface area contributed by atoms with E-state index in [1.54, 1.807) is 13.8 Å². The topological polar surface area (TPSA) is 68.7 Å². The molecule has 0 amide bonds. The number of thiazole rings is 1. The van der Waals surface area contributed by atoms with E-state index in [0.29, 0.717) is 16.5 Å². The summed E-state index contributed by atoms with van der Waals surface area (Å²) in [6.07, 6.45) is -0.770. The van der Waals surface area contributed by atoms with E-state index in [1.165, 1.54) is 11.3 Å². The van der Waals surface area contributed by atoms with Gasteiger partial charge in [-0.2, -0.15) is 0 Å². The van der Waals surface area contributed by atoms with Crippen molar-refractivity contribution in [1.82, 2.24) is 4.98 Å². The van der Waals surface area contributed by atoms with Gasteiger partial charge in [0.15, 0.2) is 5.69 Å². The highest BCUT2D eigenvalue weighted by Crippen LogP contribution is 2.33. The molecule has 1 atom stereocenters. The number of carbonyl (C=O) groups is 1. The second-order valence-electron chi connectivity index (χ2n) is 4.59. The molecule has 6 heteroatoms. The Morgan fingerprint density at radius 1 is 1.27 bits per heavy atom. The van der Waals surface area contributed by atoms with Gasteiger partial charge in [0.1, 0.15) is 10.8 Å². The maximum absolute atomic E-state index is 11.9. The van der Waals surface area contributed by atoms with Crippen LogP contribution < -0.4 is 4.74 Å². The van der Waals surface area contributed by atoms with Crippen LogP contribution in [-0.4, -0.2) is 29.3 Å². The van der Waals surface area contributed by atoms with E-state index in [0.717, 1.165) is 11.3 Å². The summed E-state index contributed by atoms with van der Waals surface area (Å²) in [6, 6.07) is 7.47. The summed E-state index contributed by atoms with van der Waals surface area (Å²) >= 11 is 1.29. The van der Waals surface area contributed by atoms with E-state index in [4.69, 9.17) is 9.47 Å². The second-order valence-corrected chi connectivity index (χ2v) is 5.62. The molecule has 1 aromatic carbocycles. The van der Waals surface area contributed by atoms with Crippen molar-refractivity contribution in [2.24, 2.45) is 0 Å². The van der Waals surface area contributed by atoms with Gasteiger partial charge in [0.25, 0.3) is 0 Å². The van der Waals surface area contributed by atoms with E-state index in [2.05, 4.69) is 4.98 Å². The lowest BCUT2D eigenvalue weighted by Gasteiger charge is -2.03. The van der Waals surface area contributed by atoms with Crippen LogP contribution in [0.1, 0.15) is 42.2 Å². The fourth-order valence-corrected chi connectivity index (χ4v) is 2.94. The summed E-state index contributed by atoms with van der Waals surface area (Å²) in [7, 11) is 0. The third-order valence-electron chi connectivity index (χ3n) is 2.91. The Balaban J connectivity index is 2.35. The van der Waals surface area contributed by atoms with Crippen molar-refractivity contribution in [3.8, 4) is 16.3 Å². The van der Waals surface area contributed by atoms with Crippen molar-refractivity contribution in [3.63, 3.8) is 0 Å². The van der Waals surface area contributed by atoms with Crippen LogP contribution in [0.4, 0.5) is 0 Å². The number of aliphatic hydroxyl groups is 1. The van der Waals surface area contributed by atoms with Gasteiger partial charge in [-0.05, 0) is 45.0 Å². The Labute approximate surface area is 133 Å². The number of rotatable bonds is 6. The SMILES string of the molecule is CCOC(=O)c1nc(-c2ccc(OCC)cc2)sc1C(C)O. The summed E-state index contributed by atoms with van der Waals surface area (Å²) in [5.74, 6) is 0.274. The van der Waals surface area contributed by atoms with Crippen LogP contribution in [0, 0.1) is 0 Å². The van der Waals surface area contributed by atoms with Crippen LogP contribution in [0.3, 0.4) is 0 Å². The molecule has 2 aromatic rings. The number of ether oxygens (including phenoxy) is 2. The highest BCUT2D eigenvalue weighted by atomic mass is 32.1. The fraction of sp³-hybridized carbons (Fsp3) is 0.375. The van der Waals surface area contributed by atoms with Gasteiger partial charge in [0.05, 0.1) is 24.2 Å². The fourth-order valence-electron chi connectivity index (χ4n) is 1.94. The molecule has 0 spiro atoms. The zero-order chi connectivity index (χ0) is 16.1. The Hall–Kier alpha value is -1.92. The maximum Gasteiger partial charge on any atom is 0.358 e. The molecule has 0 aliphatic carbocycles. The molecule has 5 nitrogen and oxygen atoms in total. The third kappa shape index (κ3) is 3.64. The van der Waals surface area contributed by atoms with E-state index >= 15 is 0 Å². The van der Waals surface area contributed by atoms with Crippen LogP contribution in [0.15, 0.2) is 24.3 Å². The first kappa shape index (κ1) is 16.5. The quantitative estimate of drug-likeness (QED) is 0.825. The molecule has 0 saturated heterocycles. The predicted octanol–water partition coefficient (Wildman–Crippen LogP) is 3.44. The van der Waals surface area contributed by atoms with Crippen molar-refractivity contribution in [2.45, 2.75) is 26.9 Å². The van der Waals surface area contributed by atoms with Gasteiger partial charge in [0.2, 0.25) is 0 Å². The van der Waals surface area contributed by atoms with Crippen LogP contribution >= 0.6 is 11.3 Å². The molecule has 0 aliphatic heterocycles. The van der Waals surface area contributed by atoms with Crippen LogP contribution in [-0.2, 0) is 4.74 Å². The molecule has 1 unspecified atom stereocenters. The average Bonchev–Trinajstić information content (AvgIpc) is 2.94. The Bertz CT molecular complexity index is 634. The summed E-state index contributed by atoms with van der Waals surface area (Å²) in [6.45, 7) is 6.15. The molecule has 0 saturated carbocycles. The van der Waals surface area contributed by atoms with Crippen molar-refractivity contribution >= 4 is 17.3 Å². The average molecular weight is 321 g/mol. The van der Waals surface area contributed by atoms with E-state index < -0.39 is 12.1 Å². The minimum Gasteiger partial charge on any atom is -0.494 e. The third-order valence-corrected chi connectivity index (χ3v) is 4.19. The van der Waals surface area contributed by atoms with Crippen molar-refractivity contribution in [1.29, 1.82) is 0 Å². The van der Waals surface area contributed by atoms with E-state index in [9.17, 15) is 9.90 Å². The largest absolute Gasteiger partial charge is 0.494 e. The zero-order valence-electron chi connectivity index (χ0n) is 12.8. The molecule has 2 rings (SSSR count). The number of hydrogen-bond donors (Lipinski definition) is 1. The number of hydrogen-bond acceptors (Lipinski definition) is 6. The maximum atomic E-state index is 11.9. The van der Waals surface area contributed by atoms with Crippen molar-refractivity contribution in [3.05, 3.63) is 34.8 Å². The number of esters is 1. The number of benzene rings is 1. The monoisotopic (exact) mass is 321 g/mol. The summed E-state index contributed by atoms with van der Waals surface area (Å²) in [4.78, 5) is 16.8. The standard InChI is InChI=1S/C16H19NO4S/c1-4-20-12-8-6-11(7-9-12)15-17-13(16(19)21-5-2)14(22-15)10(3)18/h6-10,18H,4-5H2,1-3H3. The summed E-state index contributed by atoms with van der Waals surface area (Å²) in [5.41, 5.74) is 1.05. The van der Waals surface area contributed by atoms with Crippen LogP contribution in [0.2, 0.25) is 0 Å². The smallest absolute Gasteiger partial charge is 0.358 e. The molecular weight excluding hydrogens is 302 g/mol. The van der Waals surface area contributed by atoms with Gasteiger partial charge < -0.3 is 14.6 Å². The highest BCUT2D eigenvalue weighted by molar-refractivity contribution is 7.15. The molecule has 0 bridgehead atoms. The minimum absolute atomic E-state index is 0.186. The lowest BCUT2D eigenvalue weighted by molar-refractivity contribution is 0.0514. The Morgan fingerprint density at radius 2 is 1.95 bits per heavy atom. The summed E-state index contributed by atoms with van der Waals surface area (Å²) in [5, 5.41) is 10.5. The molecule has 0 aliphatic rings. The predicted molar refractivity (Wildman–Crippen MR) is 85.3 cm³/mol. The van der Waals surface area contributed by atoms with E-state index in [1.807, 2.05) is 31.2 Å². The Morgan fingerprint density at radius 3 is 2.50 bits per heavy atom. The number of aromatic nitrogens is 1. The molecule has 1 heterocycles. The minimum atomic E-state index is -0.770. The van der Waals surface area contributed by atoms with Crippen LogP contribution in [0.25, 0.3) is 10.6 Å². The molecular formula is C16H19NO4S. The molecule has 1 aromatic heterocycles. The Kier molecular flexibility index (Phi) is 5.51. The normalized spacial score (nSPS) is 12.0. The van der Waals surface area contributed by atoms with Crippen molar-refractivity contribution in [2.75, 3.05) is 13.2 Å². The van der Waals surface area contributed by atoms with Gasteiger partial charge in [-0.25, -0.2) is 9.78 Å². The molecule has 0 radical (unpaired) electrons. The van der Waals surface area contributed by atoms with Crippen molar-refractivity contribution < 1.29 is 19.4 Å². The molecule has 1 N–H and O–H groups in total. The number of carbonyl (C=O) groups excluding carboxylic acids is 1. The lowest BCUT2D eigenvalue weighted by atomic mass is 10.2. The molecule has 22 heavy (non-hydrogen) atoms. The van der Waals surface area contributed by atoms with Gasteiger partial charge >= 0.3 is 5.97 Å². The number of aliphatic hydroxyl groups excluding tert-OH is 1. The van der Waals surface area contributed by atoms with Gasteiger partial charge in [0, 0.05) is 5.56 Å². The van der Waals surface area contributed by atoms with Gasteiger partial charge in [-0.1, -0.05) is 0 Å². The highest BCUT2D eigenvalue weighted by Gasteiger charge is 2.22. The number of nitrogens with zero attached hydrogens (tertiary/aromatic N) is 1. The first-order valence-electron chi connectivity index (χ1n) is 7.15. The first-order chi connectivity index (χ1) is 10.6. The van der Waals surface area contributed by atoms with Gasteiger partial charge in [-0.3, -0.25) is 0 Å². The second kappa shape index (κ2) is 7.38. The summed E-state index contributed by atoms with van der Waals surface area (Å²) < 4.78 is 10.4. The van der Waals surface area contributed by atoms with E-state index in [-0.39, 0.29) is 12.3 Å². The zero-order valence-corrected chi connectivity index (χ0v) is 13.6. The lowest BCUT2D eigenvalue weighted by Crippen LogP contribution is -2.08.